The molecular formula is C17H20ClN5O2. The van der Waals surface area contributed by atoms with E-state index in [2.05, 4.69) is 25.4 Å². The van der Waals surface area contributed by atoms with Gasteiger partial charge in [0.2, 0.25) is 5.95 Å². The molecule has 0 atom stereocenters. The number of rotatable bonds is 3. The number of hydrogen-bond acceptors (Lipinski definition) is 7. The highest BCUT2D eigenvalue weighted by Crippen LogP contribution is 2.32. The number of aryl methyl sites for hydroxylation is 1. The Morgan fingerprint density at radius 3 is 2.68 bits per heavy atom. The van der Waals surface area contributed by atoms with Crippen LogP contribution < -0.4 is 10.2 Å². The summed E-state index contributed by atoms with van der Waals surface area (Å²) in [5.74, 6) is 0.841. The Labute approximate surface area is 151 Å². The molecule has 7 nitrogen and oxygen atoms in total. The number of nitrogens with one attached hydrogen (secondary N) is 1. The highest BCUT2D eigenvalue weighted by molar-refractivity contribution is 6.31. The molecule has 1 N–H and O–H groups in total. The zero-order valence-electron chi connectivity index (χ0n) is 14.0. The molecule has 0 radical (unpaired) electrons. The molecule has 4 rings (SSSR count). The van der Waals surface area contributed by atoms with Crippen LogP contribution in [0.5, 0.6) is 0 Å². The van der Waals surface area contributed by atoms with Crippen molar-refractivity contribution in [2.75, 3.05) is 36.5 Å². The average molecular weight is 362 g/mol. The largest absolute Gasteiger partial charge is 0.347 e. The predicted octanol–water partition coefficient (Wildman–Crippen LogP) is 2.92. The summed E-state index contributed by atoms with van der Waals surface area (Å²) in [4.78, 5) is 6.68. The second-order valence-corrected chi connectivity index (χ2v) is 6.73. The molecule has 2 saturated heterocycles. The van der Waals surface area contributed by atoms with Crippen LogP contribution in [0.4, 0.5) is 17.5 Å². The summed E-state index contributed by atoms with van der Waals surface area (Å²) in [6.07, 6.45) is 3.22. The Balaban J connectivity index is 1.45. The standard InChI is InChI=1S/C17H20ClN5O2/c1-12-2-3-13(10-14(12)18)20-15-11-19-22-16(21-15)23-6-4-17(5-7-23)24-8-9-25-17/h2-3,10-11H,4-9H2,1H3,(H,20,21,22). The minimum Gasteiger partial charge on any atom is -0.347 e. The highest BCUT2D eigenvalue weighted by Gasteiger charge is 2.40. The van der Waals surface area contributed by atoms with Crippen LogP contribution in [0, 0.1) is 6.92 Å². The molecule has 2 aliphatic rings. The third-order valence-electron chi connectivity index (χ3n) is 4.61. The van der Waals surface area contributed by atoms with Crippen molar-refractivity contribution in [3.63, 3.8) is 0 Å². The summed E-state index contributed by atoms with van der Waals surface area (Å²) in [6, 6.07) is 5.80. The molecule has 0 saturated carbocycles. The first-order valence-corrected chi connectivity index (χ1v) is 8.77. The van der Waals surface area contributed by atoms with E-state index < -0.39 is 5.79 Å². The van der Waals surface area contributed by atoms with E-state index in [9.17, 15) is 0 Å². The van der Waals surface area contributed by atoms with Gasteiger partial charge < -0.3 is 19.7 Å². The summed E-state index contributed by atoms with van der Waals surface area (Å²) < 4.78 is 11.5. The molecule has 25 heavy (non-hydrogen) atoms. The predicted molar refractivity (Wildman–Crippen MR) is 95.4 cm³/mol. The van der Waals surface area contributed by atoms with Crippen molar-refractivity contribution in [2.24, 2.45) is 0 Å². The number of hydrogen-bond donors (Lipinski definition) is 1. The summed E-state index contributed by atoms with van der Waals surface area (Å²) in [5.41, 5.74) is 1.90. The van der Waals surface area contributed by atoms with Gasteiger partial charge in [0.25, 0.3) is 0 Å². The Morgan fingerprint density at radius 2 is 1.96 bits per heavy atom. The number of piperidine rings is 1. The molecule has 132 valence electrons. The van der Waals surface area contributed by atoms with E-state index in [0.29, 0.717) is 30.0 Å². The van der Waals surface area contributed by atoms with Crippen molar-refractivity contribution in [3.05, 3.63) is 35.0 Å². The summed E-state index contributed by atoms with van der Waals surface area (Å²) in [6.45, 7) is 4.88. The van der Waals surface area contributed by atoms with E-state index in [1.165, 1.54) is 0 Å². The second kappa shape index (κ2) is 6.74. The first kappa shape index (κ1) is 16.5. The molecular weight excluding hydrogens is 342 g/mol. The van der Waals surface area contributed by atoms with Crippen LogP contribution in [0.2, 0.25) is 5.02 Å². The number of anilines is 3. The molecule has 1 aromatic carbocycles. The molecule has 8 heteroatoms. The fraction of sp³-hybridized carbons (Fsp3) is 0.471. The fourth-order valence-electron chi connectivity index (χ4n) is 3.14. The van der Waals surface area contributed by atoms with Gasteiger partial charge in [-0.15, -0.1) is 5.10 Å². The van der Waals surface area contributed by atoms with E-state index in [1.807, 2.05) is 25.1 Å². The van der Waals surface area contributed by atoms with Crippen LogP contribution in [0.25, 0.3) is 0 Å². The van der Waals surface area contributed by atoms with Crippen molar-refractivity contribution in [1.82, 2.24) is 15.2 Å². The van der Waals surface area contributed by atoms with E-state index in [1.54, 1.807) is 6.20 Å². The lowest BCUT2D eigenvalue weighted by molar-refractivity contribution is -0.169. The lowest BCUT2D eigenvalue weighted by atomic mass is 10.0. The molecule has 1 spiro atoms. The third-order valence-corrected chi connectivity index (χ3v) is 5.02. The van der Waals surface area contributed by atoms with E-state index >= 15 is 0 Å². The van der Waals surface area contributed by atoms with Crippen LogP contribution >= 0.6 is 11.6 Å². The Kier molecular flexibility index (Phi) is 4.45. The quantitative estimate of drug-likeness (QED) is 0.901. The van der Waals surface area contributed by atoms with Crippen molar-refractivity contribution in [1.29, 1.82) is 0 Å². The molecule has 0 amide bonds. The summed E-state index contributed by atoms with van der Waals surface area (Å²) >= 11 is 6.17. The van der Waals surface area contributed by atoms with E-state index in [4.69, 9.17) is 21.1 Å². The van der Waals surface area contributed by atoms with Gasteiger partial charge in [0.15, 0.2) is 11.6 Å². The molecule has 0 unspecified atom stereocenters. The minimum absolute atomic E-state index is 0.404. The van der Waals surface area contributed by atoms with Crippen LogP contribution in [-0.2, 0) is 9.47 Å². The molecule has 0 bridgehead atoms. The van der Waals surface area contributed by atoms with Crippen molar-refractivity contribution in [3.8, 4) is 0 Å². The van der Waals surface area contributed by atoms with Crippen LogP contribution in [0.1, 0.15) is 18.4 Å². The highest BCUT2D eigenvalue weighted by atomic mass is 35.5. The van der Waals surface area contributed by atoms with Crippen molar-refractivity contribution in [2.45, 2.75) is 25.6 Å². The van der Waals surface area contributed by atoms with Crippen LogP contribution in [0.3, 0.4) is 0 Å². The maximum Gasteiger partial charge on any atom is 0.247 e. The average Bonchev–Trinajstić information content (AvgIpc) is 3.07. The van der Waals surface area contributed by atoms with Gasteiger partial charge in [-0.1, -0.05) is 17.7 Å². The normalized spacial score (nSPS) is 19.4. The maximum absolute atomic E-state index is 6.17. The Hall–Kier alpha value is -1.96. The lowest BCUT2D eigenvalue weighted by Crippen LogP contribution is -2.45. The first-order chi connectivity index (χ1) is 12.1. The molecule has 0 aliphatic carbocycles. The molecule has 3 heterocycles. The summed E-state index contributed by atoms with van der Waals surface area (Å²) in [7, 11) is 0. The van der Waals surface area contributed by atoms with Gasteiger partial charge in [-0.3, -0.25) is 0 Å². The number of benzene rings is 1. The van der Waals surface area contributed by atoms with Crippen LogP contribution in [-0.4, -0.2) is 47.3 Å². The molecule has 2 fully saturated rings. The number of aromatic nitrogens is 3. The first-order valence-electron chi connectivity index (χ1n) is 8.39. The third kappa shape index (κ3) is 3.53. The topological polar surface area (TPSA) is 72.4 Å². The smallest absolute Gasteiger partial charge is 0.247 e. The van der Waals surface area contributed by atoms with Gasteiger partial charge >= 0.3 is 0 Å². The SMILES string of the molecule is Cc1ccc(Nc2cnnc(N3CCC4(CC3)OCCO4)n2)cc1Cl. The molecule has 2 aliphatic heterocycles. The molecule has 2 aromatic rings. The van der Waals surface area contributed by atoms with E-state index in [0.717, 1.165) is 37.2 Å². The Bertz CT molecular complexity index is 756. The van der Waals surface area contributed by atoms with E-state index in [-0.39, 0.29) is 0 Å². The van der Waals surface area contributed by atoms with Crippen LogP contribution in [0.15, 0.2) is 24.4 Å². The summed E-state index contributed by atoms with van der Waals surface area (Å²) in [5, 5.41) is 12.2. The number of nitrogens with zero attached hydrogens (tertiary/aromatic N) is 4. The number of ether oxygens (including phenoxy) is 2. The van der Waals surface area contributed by atoms with Crippen molar-refractivity contribution < 1.29 is 9.47 Å². The Morgan fingerprint density at radius 1 is 1.20 bits per heavy atom. The van der Waals surface area contributed by atoms with Gasteiger partial charge in [-0.2, -0.15) is 10.1 Å². The van der Waals surface area contributed by atoms with Gasteiger partial charge in [0.1, 0.15) is 0 Å². The number of halogens is 1. The van der Waals surface area contributed by atoms with Gasteiger partial charge in [0, 0.05) is 36.6 Å². The minimum atomic E-state index is -0.404. The second-order valence-electron chi connectivity index (χ2n) is 6.33. The fourth-order valence-corrected chi connectivity index (χ4v) is 3.32. The van der Waals surface area contributed by atoms with Gasteiger partial charge in [-0.25, -0.2) is 0 Å². The van der Waals surface area contributed by atoms with Crippen molar-refractivity contribution >= 4 is 29.1 Å². The monoisotopic (exact) mass is 361 g/mol. The van der Waals surface area contributed by atoms with Gasteiger partial charge in [-0.05, 0) is 24.6 Å². The maximum atomic E-state index is 6.17. The lowest BCUT2D eigenvalue weighted by Gasteiger charge is -2.37. The molecule has 1 aromatic heterocycles. The van der Waals surface area contributed by atoms with Gasteiger partial charge in [0.05, 0.1) is 19.4 Å². The zero-order valence-corrected chi connectivity index (χ0v) is 14.8. The zero-order chi connectivity index (χ0) is 17.3.